The summed E-state index contributed by atoms with van der Waals surface area (Å²) in [5, 5.41) is 6.51. The fourth-order valence-electron chi connectivity index (χ4n) is 0.797. The summed E-state index contributed by atoms with van der Waals surface area (Å²) in [4.78, 5) is 0. The fourth-order valence-corrected chi connectivity index (χ4v) is 1.34. The average molecular weight is 226 g/mol. The summed E-state index contributed by atoms with van der Waals surface area (Å²) in [5.74, 6) is 0. The van der Waals surface area contributed by atoms with Crippen molar-refractivity contribution in [3.05, 3.63) is 0 Å². The summed E-state index contributed by atoms with van der Waals surface area (Å²) >= 11 is 2.47. The Bertz CT molecular complexity index is 74.5. The monoisotopic (exact) mass is 226 g/mol. The van der Waals surface area contributed by atoms with E-state index in [0.717, 1.165) is 19.8 Å². The molecule has 0 aromatic rings. The lowest BCUT2D eigenvalue weighted by Crippen LogP contribution is -2.51. The van der Waals surface area contributed by atoms with E-state index in [-0.39, 0.29) is 0 Å². The smallest absolute Gasteiger partial charge is 0.0455 e. The van der Waals surface area contributed by atoms with E-state index in [4.69, 9.17) is 0 Å². The van der Waals surface area contributed by atoms with Crippen LogP contribution >= 0.6 is 22.6 Å². The van der Waals surface area contributed by atoms with Gasteiger partial charge in [0.25, 0.3) is 0 Å². The number of hydrogen-bond acceptors (Lipinski definition) is 2. The third-order valence-electron chi connectivity index (χ3n) is 1.24. The van der Waals surface area contributed by atoms with Gasteiger partial charge in [-0.3, -0.25) is 0 Å². The number of hydrogen-bond donors (Lipinski definition) is 2. The lowest BCUT2D eigenvalue weighted by Gasteiger charge is -2.28. The average Bonchev–Trinajstić information content (AvgIpc) is 1.65. The molecule has 0 aromatic carbocycles. The molecule has 1 aliphatic heterocycles. The van der Waals surface area contributed by atoms with E-state index in [2.05, 4.69) is 40.1 Å². The van der Waals surface area contributed by atoms with E-state index in [9.17, 15) is 0 Å². The molecule has 48 valence electrons. The highest BCUT2D eigenvalue weighted by Gasteiger charge is 2.21. The summed E-state index contributed by atoms with van der Waals surface area (Å²) in [5.41, 5.74) is 0. The second-order valence-electron chi connectivity index (χ2n) is 2.44. The van der Waals surface area contributed by atoms with Crippen molar-refractivity contribution in [2.24, 2.45) is 0 Å². The summed E-state index contributed by atoms with van der Waals surface area (Å²) in [7, 11) is 0. The van der Waals surface area contributed by atoms with Gasteiger partial charge in [-0.15, -0.1) is 0 Å². The van der Waals surface area contributed by atoms with Crippen LogP contribution in [0.15, 0.2) is 0 Å². The van der Waals surface area contributed by atoms with Crippen LogP contribution in [0.3, 0.4) is 0 Å². The van der Waals surface area contributed by atoms with E-state index in [1.807, 2.05) is 0 Å². The van der Waals surface area contributed by atoms with Gasteiger partial charge in [-0.05, 0) is 6.92 Å². The molecule has 3 heteroatoms. The largest absolute Gasteiger partial charge is 0.303 e. The maximum absolute atomic E-state index is 3.26. The van der Waals surface area contributed by atoms with Gasteiger partial charge in [0.05, 0.1) is 0 Å². The first-order chi connectivity index (χ1) is 3.71. The molecule has 1 fully saturated rings. The normalized spacial score (nSPS) is 27.8. The highest BCUT2D eigenvalue weighted by Crippen LogP contribution is 2.16. The lowest BCUT2D eigenvalue weighted by atomic mass is 10.1. The van der Waals surface area contributed by atoms with E-state index >= 15 is 0 Å². The molecule has 2 nitrogen and oxygen atoms in total. The first kappa shape index (κ1) is 6.77. The van der Waals surface area contributed by atoms with Crippen LogP contribution in [0.4, 0.5) is 0 Å². The molecule has 0 radical (unpaired) electrons. The molecule has 0 atom stereocenters. The number of nitrogens with one attached hydrogen (secondary N) is 2. The predicted molar refractivity (Wildman–Crippen MR) is 43.3 cm³/mol. The second kappa shape index (κ2) is 2.49. The van der Waals surface area contributed by atoms with Crippen molar-refractivity contribution in [3.63, 3.8) is 0 Å². The Labute approximate surface area is 63.6 Å². The van der Waals surface area contributed by atoms with Crippen molar-refractivity contribution in [1.82, 2.24) is 10.6 Å². The minimum Gasteiger partial charge on any atom is -0.303 e. The van der Waals surface area contributed by atoms with E-state index in [0.29, 0.717) is 3.42 Å². The SMILES string of the molecule is CC1(I)CNCNC1. The molecule has 0 spiro atoms. The Morgan fingerprint density at radius 2 is 1.88 bits per heavy atom. The van der Waals surface area contributed by atoms with Crippen LogP contribution in [-0.2, 0) is 0 Å². The lowest BCUT2D eigenvalue weighted by molar-refractivity contribution is 0.443. The van der Waals surface area contributed by atoms with Crippen molar-refractivity contribution in [2.75, 3.05) is 19.8 Å². The number of halogens is 1. The molecule has 2 N–H and O–H groups in total. The molecule has 0 saturated carbocycles. The standard InChI is InChI=1S/C5H11IN2/c1-5(6)2-7-4-8-3-5/h7-8H,2-4H2,1H3. The molecule has 8 heavy (non-hydrogen) atoms. The zero-order chi connectivity index (χ0) is 6.04. The van der Waals surface area contributed by atoms with Crippen molar-refractivity contribution in [1.29, 1.82) is 0 Å². The summed E-state index contributed by atoms with van der Waals surface area (Å²) in [6, 6.07) is 0. The molecular weight excluding hydrogens is 215 g/mol. The predicted octanol–water partition coefficient (Wildman–Crippen LogP) is 0.330. The van der Waals surface area contributed by atoms with Crippen molar-refractivity contribution in [2.45, 2.75) is 10.3 Å². The molecule has 0 amide bonds. The first-order valence-corrected chi connectivity index (χ1v) is 3.89. The molecule has 0 unspecified atom stereocenters. The van der Waals surface area contributed by atoms with E-state index in [1.54, 1.807) is 0 Å². The Morgan fingerprint density at radius 1 is 1.38 bits per heavy atom. The van der Waals surface area contributed by atoms with Crippen LogP contribution < -0.4 is 10.6 Å². The van der Waals surface area contributed by atoms with Gasteiger partial charge in [-0.1, -0.05) is 22.6 Å². The minimum atomic E-state index is 0.427. The van der Waals surface area contributed by atoms with Crippen molar-refractivity contribution >= 4 is 22.6 Å². The van der Waals surface area contributed by atoms with Crippen LogP contribution in [0, 0.1) is 0 Å². The van der Waals surface area contributed by atoms with Gasteiger partial charge in [0, 0.05) is 23.2 Å². The summed E-state index contributed by atoms with van der Waals surface area (Å²) < 4.78 is 0.427. The van der Waals surface area contributed by atoms with Crippen LogP contribution in [0.5, 0.6) is 0 Å². The Kier molecular flexibility index (Phi) is 2.11. The van der Waals surface area contributed by atoms with E-state index in [1.165, 1.54) is 0 Å². The van der Waals surface area contributed by atoms with Gasteiger partial charge in [0.2, 0.25) is 0 Å². The van der Waals surface area contributed by atoms with Crippen LogP contribution in [0.2, 0.25) is 0 Å². The van der Waals surface area contributed by atoms with Crippen LogP contribution in [0.1, 0.15) is 6.92 Å². The molecular formula is C5H11IN2. The third kappa shape index (κ3) is 1.87. The van der Waals surface area contributed by atoms with Gasteiger partial charge < -0.3 is 10.6 Å². The van der Waals surface area contributed by atoms with Crippen LogP contribution in [0.25, 0.3) is 0 Å². The van der Waals surface area contributed by atoms with Gasteiger partial charge in [-0.2, -0.15) is 0 Å². The molecule has 0 aromatic heterocycles. The highest BCUT2D eigenvalue weighted by atomic mass is 127. The Morgan fingerprint density at radius 3 is 2.12 bits per heavy atom. The first-order valence-electron chi connectivity index (χ1n) is 2.81. The molecule has 0 aliphatic carbocycles. The van der Waals surface area contributed by atoms with Gasteiger partial charge >= 0.3 is 0 Å². The van der Waals surface area contributed by atoms with Crippen molar-refractivity contribution in [3.8, 4) is 0 Å². The number of rotatable bonds is 0. The second-order valence-corrected chi connectivity index (χ2v) is 5.05. The van der Waals surface area contributed by atoms with Gasteiger partial charge in [-0.25, -0.2) is 0 Å². The molecule has 1 heterocycles. The Balaban J connectivity index is 2.33. The van der Waals surface area contributed by atoms with Crippen molar-refractivity contribution < 1.29 is 0 Å². The summed E-state index contributed by atoms with van der Waals surface area (Å²) in [6.07, 6.45) is 0. The maximum Gasteiger partial charge on any atom is 0.0455 e. The zero-order valence-corrected chi connectivity index (χ0v) is 7.16. The van der Waals surface area contributed by atoms with Crippen LogP contribution in [-0.4, -0.2) is 23.2 Å². The number of alkyl halides is 1. The summed E-state index contributed by atoms with van der Waals surface area (Å²) in [6.45, 7) is 5.46. The highest BCUT2D eigenvalue weighted by molar-refractivity contribution is 14.1. The van der Waals surface area contributed by atoms with Gasteiger partial charge in [0.1, 0.15) is 0 Å². The molecule has 1 aliphatic rings. The quantitative estimate of drug-likeness (QED) is 0.459. The maximum atomic E-state index is 3.26. The minimum absolute atomic E-state index is 0.427. The van der Waals surface area contributed by atoms with Gasteiger partial charge in [0.15, 0.2) is 0 Å². The molecule has 0 bridgehead atoms. The molecule has 1 saturated heterocycles. The fraction of sp³-hybridized carbons (Fsp3) is 1.00. The topological polar surface area (TPSA) is 24.1 Å². The van der Waals surface area contributed by atoms with E-state index < -0.39 is 0 Å². The zero-order valence-electron chi connectivity index (χ0n) is 5.00. The Hall–Kier alpha value is 0.650. The molecule has 1 rings (SSSR count). The third-order valence-corrected chi connectivity index (χ3v) is 2.00.